The molecule has 0 bridgehead atoms. The molecule has 1 aromatic heterocycles. The van der Waals surface area contributed by atoms with Crippen LogP contribution in [0.25, 0.3) is 10.9 Å². The maximum Gasteiger partial charge on any atom is 0.325 e. The molecule has 2 aromatic rings. The molecule has 0 unspecified atom stereocenters. The number of unbranched alkanes of at least 4 members (excludes halogenated alkanes) is 1. The lowest BCUT2D eigenvalue weighted by Gasteiger charge is -2.06. The van der Waals surface area contributed by atoms with Crippen LogP contribution in [0.3, 0.4) is 0 Å². The van der Waals surface area contributed by atoms with Gasteiger partial charge in [0.15, 0.2) is 0 Å². The second-order valence-electron chi connectivity index (χ2n) is 4.37. The van der Waals surface area contributed by atoms with Gasteiger partial charge in [-0.05, 0) is 24.6 Å². The Hall–Kier alpha value is -2.28. The molecule has 0 spiro atoms. The quantitative estimate of drug-likeness (QED) is 0.610. The van der Waals surface area contributed by atoms with E-state index in [4.69, 9.17) is 10.00 Å². The van der Waals surface area contributed by atoms with Crippen molar-refractivity contribution in [1.29, 1.82) is 5.26 Å². The van der Waals surface area contributed by atoms with Crippen molar-refractivity contribution in [2.24, 2.45) is 0 Å². The van der Waals surface area contributed by atoms with Crippen LogP contribution in [0.1, 0.15) is 25.3 Å². The number of aromatic nitrogens is 1. The molecule has 0 N–H and O–H groups in total. The lowest BCUT2D eigenvalue weighted by molar-refractivity contribution is -0.144. The SMILES string of the molecule is CCCCOC(=O)Cn1ccc2c(C#N)cccc21. The fourth-order valence-corrected chi connectivity index (χ4v) is 1.97. The first-order chi connectivity index (χ1) is 9.26. The van der Waals surface area contributed by atoms with E-state index in [0.717, 1.165) is 23.7 Å². The summed E-state index contributed by atoms with van der Waals surface area (Å²) >= 11 is 0. The normalized spacial score (nSPS) is 10.3. The van der Waals surface area contributed by atoms with Crippen LogP contribution >= 0.6 is 0 Å². The van der Waals surface area contributed by atoms with Crippen LogP contribution in [0.2, 0.25) is 0 Å². The minimum Gasteiger partial charge on any atom is -0.464 e. The molecule has 98 valence electrons. The number of esters is 1. The fourth-order valence-electron chi connectivity index (χ4n) is 1.97. The summed E-state index contributed by atoms with van der Waals surface area (Å²) < 4.78 is 6.95. The van der Waals surface area contributed by atoms with E-state index in [1.165, 1.54) is 0 Å². The minimum atomic E-state index is -0.242. The second-order valence-corrected chi connectivity index (χ2v) is 4.37. The van der Waals surface area contributed by atoms with Crippen LogP contribution < -0.4 is 0 Å². The molecule has 0 saturated carbocycles. The Balaban J connectivity index is 2.14. The predicted octanol–water partition coefficient (Wildman–Crippen LogP) is 2.86. The van der Waals surface area contributed by atoms with Crippen molar-refractivity contribution in [2.75, 3.05) is 6.61 Å². The summed E-state index contributed by atoms with van der Waals surface area (Å²) in [5.74, 6) is -0.242. The second kappa shape index (κ2) is 6.05. The van der Waals surface area contributed by atoms with Crippen LogP contribution in [-0.4, -0.2) is 17.1 Å². The number of fused-ring (bicyclic) bond motifs is 1. The van der Waals surface area contributed by atoms with Gasteiger partial charge >= 0.3 is 5.97 Å². The van der Waals surface area contributed by atoms with Gasteiger partial charge in [0.1, 0.15) is 6.54 Å². The predicted molar refractivity (Wildman–Crippen MR) is 72.5 cm³/mol. The highest BCUT2D eigenvalue weighted by Crippen LogP contribution is 2.19. The van der Waals surface area contributed by atoms with Crippen LogP contribution in [0.4, 0.5) is 0 Å². The molecular weight excluding hydrogens is 240 g/mol. The number of rotatable bonds is 5. The maximum absolute atomic E-state index is 11.7. The summed E-state index contributed by atoms with van der Waals surface area (Å²) in [6.07, 6.45) is 3.70. The summed E-state index contributed by atoms with van der Waals surface area (Å²) in [5, 5.41) is 9.89. The van der Waals surface area contributed by atoms with Crippen LogP contribution in [-0.2, 0) is 16.1 Å². The van der Waals surface area contributed by atoms with E-state index < -0.39 is 0 Å². The van der Waals surface area contributed by atoms with Gasteiger partial charge in [-0.1, -0.05) is 19.4 Å². The van der Waals surface area contributed by atoms with Gasteiger partial charge in [-0.25, -0.2) is 0 Å². The van der Waals surface area contributed by atoms with E-state index in [2.05, 4.69) is 13.0 Å². The summed E-state index contributed by atoms with van der Waals surface area (Å²) in [7, 11) is 0. The Morgan fingerprint density at radius 1 is 1.42 bits per heavy atom. The molecule has 1 heterocycles. The number of carbonyl (C=O) groups is 1. The molecule has 0 atom stereocenters. The van der Waals surface area contributed by atoms with Crippen molar-refractivity contribution in [2.45, 2.75) is 26.3 Å². The van der Waals surface area contributed by atoms with Gasteiger partial charge in [0.2, 0.25) is 0 Å². The molecule has 0 radical (unpaired) electrons. The molecule has 0 aliphatic heterocycles. The van der Waals surface area contributed by atoms with Gasteiger partial charge in [-0.15, -0.1) is 0 Å². The highest BCUT2D eigenvalue weighted by Gasteiger charge is 2.09. The molecule has 19 heavy (non-hydrogen) atoms. The standard InChI is InChI=1S/C15H16N2O2/c1-2-3-9-19-15(18)11-17-8-7-13-12(10-16)5-4-6-14(13)17/h4-8H,2-3,9,11H2,1H3. The van der Waals surface area contributed by atoms with Gasteiger partial charge in [-0.3, -0.25) is 4.79 Å². The monoisotopic (exact) mass is 256 g/mol. The van der Waals surface area contributed by atoms with E-state index in [0.29, 0.717) is 12.2 Å². The maximum atomic E-state index is 11.7. The lowest BCUT2D eigenvalue weighted by atomic mass is 10.1. The summed E-state index contributed by atoms with van der Waals surface area (Å²) in [4.78, 5) is 11.7. The molecule has 0 amide bonds. The zero-order chi connectivity index (χ0) is 13.7. The first-order valence-electron chi connectivity index (χ1n) is 6.40. The van der Waals surface area contributed by atoms with Gasteiger partial charge in [0, 0.05) is 17.1 Å². The van der Waals surface area contributed by atoms with Crippen molar-refractivity contribution in [3.63, 3.8) is 0 Å². The zero-order valence-corrected chi connectivity index (χ0v) is 10.9. The molecule has 2 rings (SSSR count). The van der Waals surface area contributed by atoms with E-state index in [-0.39, 0.29) is 12.5 Å². The van der Waals surface area contributed by atoms with Crippen molar-refractivity contribution < 1.29 is 9.53 Å². The van der Waals surface area contributed by atoms with Crippen LogP contribution in [0.15, 0.2) is 30.5 Å². The Kier molecular flexibility index (Phi) is 4.19. The Bertz CT molecular complexity index is 623. The van der Waals surface area contributed by atoms with Crippen molar-refractivity contribution >= 4 is 16.9 Å². The summed E-state index contributed by atoms with van der Waals surface area (Å²) in [6, 6.07) is 9.49. The van der Waals surface area contributed by atoms with Crippen molar-refractivity contribution in [3.8, 4) is 6.07 Å². The number of benzene rings is 1. The summed E-state index contributed by atoms with van der Waals surface area (Å²) in [5.41, 5.74) is 1.50. The molecule has 0 aliphatic rings. The number of hydrogen-bond donors (Lipinski definition) is 0. The number of hydrogen-bond acceptors (Lipinski definition) is 3. The third kappa shape index (κ3) is 2.94. The molecule has 0 fully saturated rings. The smallest absolute Gasteiger partial charge is 0.325 e. The fraction of sp³-hybridized carbons (Fsp3) is 0.333. The molecule has 1 aromatic carbocycles. The topological polar surface area (TPSA) is 55.0 Å². The van der Waals surface area contributed by atoms with E-state index in [1.807, 2.05) is 29.0 Å². The first kappa shape index (κ1) is 13.2. The third-order valence-corrected chi connectivity index (χ3v) is 2.99. The zero-order valence-electron chi connectivity index (χ0n) is 10.9. The largest absolute Gasteiger partial charge is 0.464 e. The minimum absolute atomic E-state index is 0.183. The molecule has 4 nitrogen and oxygen atoms in total. The van der Waals surface area contributed by atoms with Crippen LogP contribution in [0.5, 0.6) is 0 Å². The Morgan fingerprint density at radius 2 is 2.26 bits per heavy atom. The summed E-state index contributed by atoms with van der Waals surface area (Å²) in [6.45, 7) is 2.71. The molecule has 4 heteroatoms. The highest BCUT2D eigenvalue weighted by atomic mass is 16.5. The molecular formula is C15H16N2O2. The van der Waals surface area contributed by atoms with Gasteiger partial charge < -0.3 is 9.30 Å². The van der Waals surface area contributed by atoms with Gasteiger partial charge in [-0.2, -0.15) is 5.26 Å². The first-order valence-corrected chi connectivity index (χ1v) is 6.40. The Labute approximate surface area is 112 Å². The van der Waals surface area contributed by atoms with Crippen molar-refractivity contribution in [1.82, 2.24) is 4.57 Å². The van der Waals surface area contributed by atoms with Crippen molar-refractivity contribution in [3.05, 3.63) is 36.0 Å². The number of ether oxygens (including phenoxy) is 1. The lowest BCUT2D eigenvalue weighted by Crippen LogP contribution is -2.13. The van der Waals surface area contributed by atoms with Gasteiger partial charge in [0.05, 0.1) is 18.2 Å². The number of nitrogens with zero attached hydrogens (tertiary/aromatic N) is 2. The molecule has 0 aliphatic carbocycles. The van der Waals surface area contributed by atoms with Crippen LogP contribution in [0, 0.1) is 11.3 Å². The molecule has 0 saturated heterocycles. The van der Waals surface area contributed by atoms with E-state index in [9.17, 15) is 4.79 Å². The average molecular weight is 256 g/mol. The third-order valence-electron chi connectivity index (χ3n) is 2.99. The van der Waals surface area contributed by atoms with E-state index >= 15 is 0 Å². The van der Waals surface area contributed by atoms with E-state index in [1.54, 1.807) is 6.07 Å². The highest BCUT2D eigenvalue weighted by molar-refractivity contribution is 5.87. The number of carbonyl (C=O) groups excluding carboxylic acids is 1. The Morgan fingerprint density at radius 3 is 3.00 bits per heavy atom. The average Bonchev–Trinajstić information content (AvgIpc) is 2.82. The number of nitriles is 1. The van der Waals surface area contributed by atoms with Gasteiger partial charge in [0.25, 0.3) is 0 Å².